The van der Waals surface area contributed by atoms with Crippen molar-refractivity contribution in [3.05, 3.63) is 23.8 Å². The standard InChI is InChI=1S/C19H23N5OS/c1-12-8-9-15-14(10-12)17-18(20-15)21-19(23-22-17)26-11-16(25)24(2)13-6-4-3-5-7-13/h8-10,13H,3-7,11H2,1-2H3,(H,20,21,23). The number of rotatable bonds is 4. The lowest BCUT2D eigenvalue weighted by Crippen LogP contribution is -2.39. The summed E-state index contributed by atoms with van der Waals surface area (Å²) in [4.78, 5) is 22.2. The molecule has 6 nitrogen and oxygen atoms in total. The summed E-state index contributed by atoms with van der Waals surface area (Å²) >= 11 is 1.35. The van der Waals surface area contributed by atoms with E-state index >= 15 is 0 Å². The van der Waals surface area contributed by atoms with E-state index in [1.165, 1.54) is 36.6 Å². The summed E-state index contributed by atoms with van der Waals surface area (Å²) in [5, 5.41) is 10.1. The Kier molecular flexibility index (Phi) is 4.80. The van der Waals surface area contributed by atoms with Gasteiger partial charge in [-0.25, -0.2) is 4.98 Å². The normalized spacial score (nSPS) is 15.6. The molecule has 1 aliphatic rings. The van der Waals surface area contributed by atoms with Gasteiger partial charge in [-0.15, -0.1) is 10.2 Å². The van der Waals surface area contributed by atoms with Gasteiger partial charge in [0.05, 0.1) is 5.75 Å². The summed E-state index contributed by atoms with van der Waals surface area (Å²) in [6.07, 6.45) is 5.96. The number of aromatic nitrogens is 4. The van der Waals surface area contributed by atoms with Crippen molar-refractivity contribution in [1.29, 1.82) is 0 Å². The van der Waals surface area contributed by atoms with Crippen LogP contribution in [0.4, 0.5) is 0 Å². The molecule has 136 valence electrons. The Bertz CT molecular complexity index is 948. The van der Waals surface area contributed by atoms with Gasteiger partial charge in [0, 0.05) is 24.0 Å². The summed E-state index contributed by atoms with van der Waals surface area (Å²) in [7, 11) is 1.92. The van der Waals surface area contributed by atoms with Gasteiger partial charge in [0.25, 0.3) is 0 Å². The molecule has 0 unspecified atom stereocenters. The molecule has 1 N–H and O–H groups in total. The Labute approximate surface area is 156 Å². The Balaban J connectivity index is 1.47. The van der Waals surface area contributed by atoms with Gasteiger partial charge >= 0.3 is 0 Å². The van der Waals surface area contributed by atoms with Crippen LogP contribution < -0.4 is 0 Å². The molecule has 3 aromatic rings. The molecule has 26 heavy (non-hydrogen) atoms. The second-order valence-corrected chi connectivity index (χ2v) is 7.99. The van der Waals surface area contributed by atoms with Crippen LogP contribution in [-0.2, 0) is 4.79 Å². The van der Waals surface area contributed by atoms with Crippen LogP contribution in [0.15, 0.2) is 23.4 Å². The van der Waals surface area contributed by atoms with Crippen molar-refractivity contribution >= 4 is 39.7 Å². The van der Waals surface area contributed by atoms with Crippen LogP contribution in [-0.4, -0.2) is 49.8 Å². The molecule has 4 rings (SSSR count). The number of aryl methyl sites for hydroxylation is 1. The van der Waals surface area contributed by atoms with Gasteiger partial charge in [-0.05, 0) is 31.9 Å². The molecule has 0 spiro atoms. The molecule has 2 aromatic heterocycles. The Morgan fingerprint density at radius 2 is 2.08 bits per heavy atom. The zero-order chi connectivity index (χ0) is 18.1. The number of carbonyl (C=O) groups is 1. The van der Waals surface area contributed by atoms with Crippen molar-refractivity contribution in [2.45, 2.75) is 50.2 Å². The number of benzene rings is 1. The van der Waals surface area contributed by atoms with Gasteiger partial charge in [0.15, 0.2) is 5.65 Å². The van der Waals surface area contributed by atoms with Crippen LogP contribution in [0.25, 0.3) is 22.1 Å². The highest BCUT2D eigenvalue weighted by Crippen LogP contribution is 2.25. The van der Waals surface area contributed by atoms with Crippen molar-refractivity contribution in [1.82, 2.24) is 25.1 Å². The van der Waals surface area contributed by atoms with Gasteiger partial charge in [-0.2, -0.15) is 0 Å². The molecule has 2 heterocycles. The lowest BCUT2D eigenvalue weighted by molar-refractivity contribution is -0.129. The highest BCUT2D eigenvalue weighted by atomic mass is 32.2. The first kappa shape index (κ1) is 17.3. The third-order valence-electron chi connectivity index (χ3n) is 5.19. The third-order valence-corrected chi connectivity index (χ3v) is 6.01. The summed E-state index contributed by atoms with van der Waals surface area (Å²) < 4.78 is 0. The van der Waals surface area contributed by atoms with Gasteiger partial charge < -0.3 is 9.88 Å². The molecule has 0 aliphatic heterocycles. The molecule has 1 aliphatic carbocycles. The lowest BCUT2D eigenvalue weighted by atomic mass is 9.94. The van der Waals surface area contributed by atoms with E-state index < -0.39 is 0 Å². The number of carbonyl (C=O) groups excluding carboxylic acids is 1. The number of H-pyrrole nitrogens is 1. The van der Waals surface area contributed by atoms with E-state index in [0.29, 0.717) is 17.0 Å². The summed E-state index contributed by atoms with van der Waals surface area (Å²) in [6.45, 7) is 2.05. The Hall–Kier alpha value is -2.15. The average molecular weight is 369 g/mol. The van der Waals surface area contributed by atoms with Crippen LogP contribution >= 0.6 is 11.8 Å². The maximum atomic E-state index is 12.5. The SMILES string of the molecule is Cc1ccc2[nH]c3nc(SCC(=O)N(C)C4CCCCC4)nnc3c2c1. The molecule has 0 atom stereocenters. The van der Waals surface area contributed by atoms with E-state index in [-0.39, 0.29) is 5.91 Å². The number of nitrogens with one attached hydrogen (secondary N) is 1. The minimum absolute atomic E-state index is 0.137. The molecule has 0 bridgehead atoms. The van der Waals surface area contributed by atoms with E-state index in [1.54, 1.807) is 0 Å². The lowest BCUT2D eigenvalue weighted by Gasteiger charge is -2.31. The second kappa shape index (κ2) is 7.23. The van der Waals surface area contributed by atoms with Gasteiger partial charge in [-0.1, -0.05) is 42.7 Å². The van der Waals surface area contributed by atoms with Gasteiger partial charge in [0.1, 0.15) is 5.52 Å². The second-order valence-electron chi connectivity index (χ2n) is 7.05. The molecule has 1 amide bonds. The maximum Gasteiger partial charge on any atom is 0.233 e. The van der Waals surface area contributed by atoms with Crippen molar-refractivity contribution in [3.8, 4) is 0 Å². The van der Waals surface area contributed by atoms with Gasteiger partial charge in [0.2, 0.25) is 11.1 Å². The summed E-state index contributed by atoms with van der Waals surface area (Å²) in [6, 6.07) is 6.56. The Morgan fingerprint density at radius 3 is 2.88 bits per heavy atom. The van der Waals surface area contributed by atoms with Crippen LogP contribution in [0.3, 0.4) is 0 Å². The minimum Gasteiger partial charge on any atom is -0.342 e. The Morgan fingerprint density at radius 1 is 1.27 bits per heavy atom. The number of fused-ring (bicyclic) bond motifs is 3. The number of thioether (sulfide) groups is 1. The van der Waals surface area contributed by atoms with Gasteiger partial charge in [-0.3, -0.25) is 4.79 Å². The molecule has 0 saturated heterocycles. The molecular weight excluding hydrogens is 346 g/mol. The van der Waals surface area contributed by atoms with E-state index in [9.17, 15) is 4.79 Å². The topological polar surface area (TPSA) is 74.8 Å². The van der Waals surface area contributed by atoms with Crippen LogP contribution in [0.1, 0.15) is 37.7 Å². The van der Waals surface area contributed by atoms with E-state index in [1.807, 2.05) is 18.0 Å². The first-order chi connectivity index (χ1) is 12.6. The van der Waals surface area contributed by atoms with Crippen LogP contribution in [0, 0.1) is 6.92 Å². The van der Waals surface area contributed by atoms with Crippen molar-refractivity contribution in [3.63, 3.8) is 0 Å². The number of nitrogens with zero attached hydrogens (tertiary/aromatic N) is 4. The highest BCUT2D eigenvalue weighted by Gasteiger charge is 2.22. The van der Waals surface area contributed by atoms with Crippen LogP contribution in [0.5, 0.6) is 0 Å². The van der Waals surface area contributed by atoms with Crippen molar-refractivity contribution < 1.29 is 4.79 Å². The predicted molar refractivity (Wildman–Crippen MR) is 104 cm³/mol. The number of amides is 1. The van der Waals surface area contributed by atoms with Crippen molar-refractivity contribution in [2.24, 2.45) is 0 Å². The fraction of sp³-hybridized carbons (Fsp3) is 0.474. The zero-order valence-corrected chi connectivity index (χ0v) is 16.0. The minimum atomic E-state index is 0.137. The number of hydrogen-bond acceptors (Lipinski definition) is 5. The zero-order valence-electron chi connectivity index (χ0n) is 15.2. The molecule has 1 aromatic carbocycles. The smallest absolute Gasteiger partial charge is 0.233 e. The predicted octanol–water partition coefficient (Wildman–Crippen LogP) is 3.70. The van der Waals surface area contributed by atoms with E-state index in [2.05, 4.69) is 39.2 Å². The number of aromatic amines is 1. The largest absolute Gasteiger partial charge is 0.342 e. The molecule has 7 heteroatoms. The van der Waals surface area contributed by atoms with E-state index in [4.69, 9.17) is 0 Å². The third kappa shape index (κ3) is 3.40. The summed E-state index contributed by atoms with van der Waals surface area (Å²) in [5.41, 5.74) is 3.67. The monoisotopic (exact) mass is 369 g/mol. The first-order valence-electron chi connectivity index (χ1n) is 9.13. The quantitative estimate of drug-likeness (QED) is 0.710. The summed E-state index contributed by atoms with van der Waals surface area (Å²) in [5.74, 6) is 0.484. The van der Waals surface area contributed by atoms with Crippen molar-refractivity contribution in [2.75, 3.05) is 12.8 Å². The highest BCUT2D eigenvalue weighted by molar-refractivity contribution is 7.99. The fourth-order valence-electron chi connectivity index (χ4n) is 3.63. The first-order valence-corrected chi connectivity index (χ1v) is 10.1. The van der Waals surface area contributed by atoms with Crippen LogP contribution in [0.2, 0.25) is 0 Å². The fourth-order valence-corrected chi connectivity index (χ4v) is 4.34. The molecule has 1 saturated carbocycles. The number of hydrogen-bond donors (Lipinski definition) is 1. The molecule has 0 radical (unpaired) electrons. The van der Waals surface area contributed by atoms with E-state index in [0.717, 1.165) is 34.9 Å². The molecule has 1 fully saturated rings. The maximum absolute atomic E-state index is 12.5. The molecular formula is C19H23N5OS. The average Bonchev–Trinajstić information content (AvgIpc) is 3.03.